The van der Waals surface area contributed by atoms with Crippen LogP contribution < -0.4 is 5.32 Å². The van der Waals surface area contributed by atoms with Crippen LogP contribution in [0, 0.1) is 0 Å². The lowest BCUT2D eigenvalue weighted by molar-refractivity contribution is 0.575. The highest BCUT2D eigenvalue weighted by atomic mass is 35.5. The molecule has 2 aliphatic rings. The zero-order valence-electron chi connectivity index (χ0n) is 10.9. The number of nitrogens with one attached hydrogen (secondary N) is 1. The van der Waals surface area contributed by atoms with Crippen LogP contribution in [-0.2, 0) is 6.54 Å². The van der Waals surface area contributed by atoms with Gasteiger partial charge in [0.05, 0.1) is 6.33 Å². The second-order valence-electron chi connectivity index (χ2n) is 4.14. The van der Waals surface area contributed by atoms with Crippen molar-refractivity contribution in [2.24, 2.45) is 0 Å². The molecule has 0 amide bonds. The lowest BCUT2D eigenvalue weighted by Crippen LogP contribution is -2.08. The highest BCUT2D eigenvalue weighted by Crippen LogP contribution is 2.23. The predicted molar refractivity (Wildman–Crippen MR) is 75.4 cm³/mol. The van der Waals surface area contributed by atoms with Gasteiger partial charge in [-0.15, -0.1) is 12.4 Å². The molecule has 2 heterocycles. The van der Waals surface area contributed by atoms with Crippen molar-refractivity contribution in [3.8, 4) is 11.5 Å². The molecule has 0 unspecified atom stereocenters. The molecular weight excluding hydrogens is 250 g/mol. The van der Waals surface area contributed by atoms with Gasteiger partial charge in [-0.2, -0.15) is 0 Å². The molecule has 0 atom stereocenters. The smallest absolute Gasteiger partial charge is 0.165 e. The summed E-state index contributed by atoms with van der Waals surface area (Å²) in [5.41, 5.74) is 0.852. The van der Waals surface area contributed by atoms with Gasteiger partial charge >= 0.3 is 0 Å². The van der Waals surface area contributed by atoms with Gasteiger partial charge in [0, 0.05) is 13.6 Å². The van der Waals surface area contributed by atoms with Crippen LogP contribution in [0.1, 0.15) is 32.6 Å². The molecule has 0 radical (unpaired) electrons. The number of unbranched alkanes of at least 4 members (excludes halogenated alkanes) is 3. The average molecular weight is 270 g/mol. The van der Waals surface area contributed by atoms with Crippen molar-refractivity contribution in [1.82, 2.24) is 19.5 Å². The van der Waals surface area contributed by atoms with Gasteiger partial charge < -0.3 is 9.88 Å². The van der Waals surface area contributed by atoms with E-state index in [9.17, 15) is 0 Å². The monoisotopic (exact) mass is 269 g/mol. The summed E-state index contributed by atoms with van der Waals surface area (Å²) in [7, 11) is 1.85. The second-order valence-corrected chi connectivity index (χ2v) is 4.14. The van der Waals surface area contributed by atoms with Crippen molar-refractivity contribution in [2.45, 2.75) is 39.2 Å². The fraction of sp³-hybridized carbons (Fsp3) is 0.583. The predicted octanol–water partition coefficient (Wildman–Crippen LogP) is 2.82. The van der Waals surface area contributed by atoms with E-state index >= 15 is 0 Å². The van der Waals surface area contributed by atoms with Crippen molar-refractivity contribution >= 4 is 18.2 Å². The first-order valence-corrected chi connectivity index (χ1v) is 6.20. The fourth-order valence-electron chi connectivity index (χ4n) is 1.94. The molecule has 1 N–H and O–H groups in total. The second kappa shape index (κ2) is 7.16. The van der Waals surface area contributed by atoms with Crippen molar-refractivity contribution in [3.05, 3.63) is 12.7 Å². The number of hydrogen-bond donors (Lipinski definition) is 1. The first-order chi connectivity index (χ1) is 8.36. The van der Waals surface area contributed by atoms with E-state index in [0.29, 0.717) is 0 Å². The topological polar surface area (TPSA) is 55.6 Å². The van der Waals surface area contributed by atoms with E-state index in [0.717, 1.165) is 23.9 Å². The molecule has 0 aromatic rings. The fourth-order valence-corrected chi connectivity index (χ4v) is 1.94. The number of rotatable bonds is 6. The average Bonchev–Trinajstić information content (AvgIpc) is 2.84. The Bertz CT molecular complexity index is 442. The van der Waals surface area contributed by atoms with Crippen molar-refractivity contribution in [1.29, 1.82) is 0 Å². The maximum atomic E-state index is 4.35. The van der Waals surface area contributed by atoms with E-state index in [1.54, 1.807) is 6.33 Å². The molecule has 0 aliphatic carbocycles. The third-order valence-electron chi connectivity index (χ3n) is 2.89. The van der Waals surface area contributed by atoms with Crippen molar-refractivity contribution in [3.63, 3.8) is 0 Å². The van der Waals surface area contributed by atoms with Gasteiger partial charge in [0.2, 0.25) is 0 Å². The van der Waals surface area contributed by atoms with E-state index in [-0.39, 0.29) is 12.4 Å². The molecule has 18 heavy (non-hydrogen) atoms. The summed E-state index contributed by atoms with van der Waals surface area (Å²) in [6.07, 6.45) is 8.41. The Labute approximate surface area is 114 Å². The molecule has 6 heteroatoms. The number of imidazole rings is 1. The first-order valence-electron chi connectivity index (χ1n) is 6.20. The maximum absolute atomic E-state index is 4.35. The largest absolute Gasteiger partial charge is 0.371 e. The Hall–Kier alpha value is -1.36. The van der Waals surface area contributed by atoms with Crippen LogP contribution in [0.2, 0.25) is 0 Å². The van der Waals surface area contributed by atoms with Gasteiger partial charge in [-0.25, -0.2) is 15.0 Å². The van der Waals surface area contributed by atoms with Gasteiger partial charge in [0.25, 0.3) is 0 Å². The van der Waals surface area contributed by atoms with E-state index in [4.69, 9.17) is 0 Å². The normalized spacial score (nSPS) is 10.3. The lowest BCUT2D eigenvalue weighted by Gasteiger charge is -2.12. The summed E-state index contributed by atoms with van der Waals surface area (Å²) in [5, 5.41) is 3.03. The Morgan fingerprint density at radius 1 is 1.17 bits per heavy atom. The molecule has 0 bridgehead atoms. The molecule has 0 aromatic heterocycles. The molecular formula is C12H20ClN5. The van der Waals surface area contributed by atoms with Gasteiger partial charge in [-0.05, 0) is 6.42 Å². The minimum absolute atomic E-state index is 0. The minimum Gasteiger partial charge on any atom is -0.371 e. The Kier molecular flexibility index (Phi) is 5.85. The maximum Gasteiger partial charge on any atom is 0.165 e. The standard InChI is InChI=1S/C12H19N5.ClH/c1-3-4-5-6-7-17-9-16-11(13-2)10-12(17)15-8-14-10;/h8-9,13H,3-7H2,1-2H3;1H. The van der Waals surface area contributed by atoms with Gasteiger partial charge in [-0.3, -0.25) is 0 Å². The molecule has 0 saturated carbocycles. The SMILES string of the molecule is CCCCCCn1cnc(NC)c2ncnc1-2.Cl. The van der Waals surface area contributed by atoms with Crippen molar-refractivity contribution < 1.29 is 0 Å². The van der Waals surface area contributed by atoms with Crippen LogP contribution in [0.25, 0.3) is 11.5 Å². The number of nitrogens with zero attached hydrogens (tertiary/aromatic N) is 4. The van der Waals surface area contributed by atoms with Crippen molar-refractivity contribution in [2.75, 3.05) is 12.4 Å². The highest BCUT2D eigenvalue weighted by molar-refractivity contribution is 5.85. The van der Waals surface area contributed by atoms with E-state index in [1.807, 2.05) is 13.4 Å². The van der Waals surface area contributed by atoms with Crippen LogP contribution in [-0.4, -0.2) is 26.6 Å². The quantitative estimate of drug-likeness (QED) is 0.820. The number of halogens is 1. The van der Waals surface area contributed by atoms with E-state index in [1.165, 1.54) is 25.7 Å². The summed E-state index contributed by atoms with van der Waals surface area (Å²) in [6.45, 7) is 3.18. The van der Waals surface area contributed by atoms with Gasteiger partial charge in [0.1, 0.15) is 12.0 Å². The molecule has 0 spiro atoms. The summed E-state index contributed by atoms with van der Waals surface area (Å²) in [4.78, 5) is 12.9. The third-order valence-corrected chi connectivity index (χ3v) is 2.89. The number of hydrogen-bond acceptors (Lipinski definition) is 4. The summed E-state index contributed by atoms with van der Waals surface area (Å²) in [6, 6.07) is 0. The Morgan fingerprint density at radius 3 is 2.72 bits per heavy atom. The molecule has 0 aromatic carbocycles. The Morgan fingerprint density at radius 2 is 2.00 bits per heavy atom. The van der Waals surface area contributed by atoms with Crippen LogP contribution in [0.3, 0.4) is 0 Å². The van der Waals surface area contributed by atoms with Crippen LogP contribution in [0.5, 0.6) is 0 Å². The lowest BCUT2D eigenvalue weighted by atomic mass is 10.2. The molecule has 0 fully saturated rings. The number of aryl methyl sites for hydroxylation is 1. The van der Waals surface area contributed by atoms with Gasteiger partial charge in [-0.1, -0.05) is 26.2 Å². The summed E-state index contributed by atoms with van der Waals surface area (Å²) in [5.74, 6) is 1.71. The number of aromatic nitrogens is 4. The van der Waals surface area contributed by atoms with E-state index < -0.39 is 0 Å². The van der Waals surface area contributed by atoms with Crippen LogP contribution in [0.4, 0.5) is 5.82 Å². The molecule has 100 valence electrons. The number of fused-ring (bicyclic) bond motifs is 1. The number of anilines is 1. The molecule has 5 nitrogen and oxygen atoms in total. The minimum atomic E-state index is 0. The summed E-state index contributed by atoms with van der Waals surface area (Å²) < 4.78 is 2.08. The van der Waals surface area contributed by atoms with Gasteiger partial charge in [0.15, 0.2) is 11.6 Å². The molecule has 2 aliphatic heterocycles. The molecule has 0 saturated heterocycles. The summed E-state index contributed by atoms with van der Waals surface area (Å²) >= 11 is 0. The third kappa shape index (κ3) is 3.10. The first kappa shape index (κ1) is 14.7. The zero-order valence-corrected chi connectivity index (χ0v) is 11.7. The molecule has 2 rings (SSSR count). The highest BCUT2D eigenvalue weighted by Gasteiger charge is 2.15. The van der Waals surface area contributed by atoms with Crippen LogP contribution >= 0.6 is 12.4 Å². The zero-order chi connectivity index (χ0) is 12.1. The van der Waals surface area contributed by atoms with Crippen LogP contribution in [0.15, 0.2) is 12.7 Å². The Balaban J connectivity index is 0.00000162. The van der Waals surface area contributed by atoms with E-state index in [2.05, 4.69) is 31.8 Å².